The number of benzene rings is 1. The Balaban J connectivity index is 1.73. The van der Waals surface area contributed by atoms with E-state index in [4.69, 9.17) is 15.2 Å². The fourth-order valence-corrected chi connectivity index (χ4v) is 2.70. The van der Waals surface area contributed by atoms with Gasteiger partial charge in [0.15, 0.2) is 0 Å². The summed E-state index contributed by atoms with van der Waals surface area (Å²) in [4.78, 5) is 12.1. The molecule has 122 valence electrons. The Hall–Kier alpha value is -1.11. The quantitative estimate of drug-likeness (QED) is 0.803. The normalized spacial score (nSPS) is 18.5. The molecule has 2 atom stereocenters. The highest BCUT2D eigenvalue weighted by Gasteiger charge is 2.26. The van der Waals surface area contributed by atoms with E-state index < -0.39 is 6.04 Å². The number of hydrogen-bond donors (Lipinski definition) is 2. The van der Waals surface area contributed by atoms with Gasteiger partial charge < -0.3 is 20.5 Å². The first-order valence-corrected chi connectivity index (χ1v) is 8.39. The van der Waals surface area contributed by atoms with Gasteiger partial charge in [-0.25, -0.2) is 0 Å². The SMILES string of the molecule is CC(CNC(=O)C(N)C1CCOCC1)Oc1ccc(Br)cc1. The van der Waals surface area contributed by atoms with E-state index in [1.165, 1.54) is 0 Å². The molecule has 0 aliphatic carbocycles. The van der Waals surface area contributed by atoms with Gasteiger partial charge in [-0.15, -0.1) is 0 Å². The molecule has 5 nitrogen and oxygen atoms in total. The van der Waals surface area contributed by atoms with Gasteiger partial charge in [0.05, 0.1) is 12.6 Å². The van der Waals surface area contributed by atoms with Crippen molar-refractivity contribution in [1.82, 2.24) is 5.32 Å². The largest absolute Gasteiger partial charge is 0.489 e. The zero-order valence-electron chi connectivity index (χ0n) is 12.8. The lowest BCUT2D eigenvalue weighted by Crippen LogP contribution is -2.48. The van der Waals surface area contributed by atoms with Crippen LogP contribution >= 0.6 is 15.9 Å². The molecule has 0 saturated carbocycles. The van der Waals surface area contributed by atoms with E-state index >= 15 is 0 Å². The van der Waals surface area contributed by atoms with Crippen molar-refractivity contribution in [2.75, 3.05) is 19.8 Å². The topological polar surface area (TPSA) is 73.6 Å². The monoisotopic (exact) mass is 370 g/mol. The van der Waals surface area contributed by atoms with Crippen molar-refractivity contribution in [1.29, 1.82) is 0 Å². The van der Waals surface area contributed by atoms with Crippen LogP contribution in [0.2, 0.25) is 0 Å². The highest BCUT2D eigenvalue weighted by atomic mass is 79.9. The van der Waals surface area contributed by atoms with Crippen LogP contribution in [0.5, 0.6) is 5.75 Å². The summed E-state index contributed by atoms with van der Waals surface area (Å²) in [5.74, 6) is 0.869. The summed E-state index contributed by atoms with van der Waals surface area (Å²) in [5, 5.41) is 2.87. The smallest absolute Gasteiger partial charge is 0.237 e. The number of nitrogens with one attached hydrogen (secondary N) is 1. The summed E-state index contributed by atoms with van der Waals surface area (Å²) in [7, 11) is 0. The van der Waals surface area contributed by atoms with Gasteiger partial charge in [-0.1, -0.05) is 15.9 Å². The van der Waals surface area contributed by atoms with Crippen LogP contribution in [0, 0.1) is 5.92 Å². The molecule has 6 heteroatoms. The van der Waals surface area contributed by atoms with E-state index in [0.717, 1.165) is 23.1 Å². The van der Waals surface area contributed by atoms with Gasteiger partial charge in [-0.2, -0.15) is 0 Å². The molecule has 1 amide bonds. The molecule has 2 rings (SSSR count). The van der Waals surface area contributed by atoms with Crippen molar-refractivity contribution >= 4 is 21.8 Å². The van der Waals surface area contributed by atoms with E-state index in [-0.39, 0.29) is 17.9 Å². The first kappa shape index (κ1) is 17.2. The van der Waals surface area contributed by atoms with Crippen LogP contribution in [-0.4, -0.2) is 37.8 Å². The molecule has 0 bridgehead atoms. The fourth-order valence-electron chi connectivity index (χ4n) is 2.44. The molecule has 1 aliphatic rings. The second-order valence-corrected chi connectivity index (χ2v) is 6.52. The average molecular weight is 371 g/mol. The number of nitrogens with two attached hydrogens (primary N) is 1. The molecular weight excluding hydrogens is 348 g/mol. The van der Waals surface area contributed by atoms with E-state index in [0.29, 0.717) is 19.8 Å². The number of carbonyl (C=O) groups is 1. The molecule has 1 saturated heterocycles. The van der Waals surface area contributed by atoms with Crippen LogP contribution < -0.4 is 15.8 Å². The minimum Gasteiger partial charge on any atom is -0.489 e. The molecule has 22 heavy (non-hydrogen) atoms. The summed E-state index contributed by atoms with van der Waals surface area (Å²) >= 11 is 3.38. The van der Waals surface area contributed by atoms with Crippen LogP contribution in [0.4, 0.5) is 0 Å². The highest BCUT2D eigenvalue weighted by molar-refractivity contribution is 9.10. The van der Waals surface area contributed by atoms with Crippen LogP contribution in [0.3, 0.4) is 0 Å². The predicted octanol–water partition coefficient (Wildman–Crippen LogP) is 2.09. The highest BCUT2D eigenvalue weighted by Crippen LogP contribution is 2.18. The molecule has 1 aromatic rings. The molecule has 0 aromatic heterocycles. The number of halogens is 1. The molecule has 1 fully saturated rings. The number of ether oxygens (including phenoxy) is 2. The van der Waals surface area contributed by atoms with Gasteiger partial charge in [-0.3, -0.25) is 4.79 Å². The summed E-state index contributed by atoms with van der Waals surface area (Å²) in [6.45, 7) is 3.73. The van der Waals surface area contributed by atoms with Gasteiger partial charge in [0.1, 0.15) is 11.9 Å². The minimum absolute atomic E-state index is 0.113. The Labute approximate surface area is 139 Å². The second kappa shape index (κ2) is 8.50. The maximum absolute atomic E-state index is 12.1. The molecule has 0 spiro atoms. The Morgan fingerprint density at radius 2 is 2.05 bits per heavy atom. The van der Waals surface area contributed by atoms with Gasteiger partial charge in [0.2, 0.25) is 5.91 Å². The fraction of sp³-hybridized carbons (Fsp3) is 0.562. The summed E-state index contributed by atoms with van der Waals surface area (Å²) in [6.07, 6.45) is 1.58. The Bertz CT molecular complexity index is 475. The van der Waals surface area contributed by atoms with Crippen molar-refractivity contribution in [3.8, 4) is 5.75 Å². The van der Waals surface area contributed by atoms with E-state index in [1.54, 1.807) is 0 Å². The third-order valence-electron chi connectivity index (χ3n) is 3.79. The summed E-state index contributed by atoms with van der Waals surface area (Å²) < 4.78 is 12.0. The summed E-state index contributed by atoms with van der Waals surface area (Å²) in [5.41, 5.74) is 6.03. The zero-order valence-corrected chi connectivity index (χ0v) is 14.3. The zero-order chi connectivity index (χ0) is 15.9. The van der Waals surface area contributed by atoms with Gasteiger partial charge in [0, 0.05) is 17.7 Å². The second-order valence-electron chi connectivity index (χ2n) is 5.60. The number of rotatable bonds is 6. The first-order valence-electron chi connectivity index (χ1n) is 7.59. The van der Waals surface area contributed by atoms with Gasteiger partial charge >= 0.3 is 0 Å². The predicted molar refractivity (Wildman–Crippen MR) is 88.8 cm³/mol. The van der Waals surface area contributed by atoms with Crippen molar-refractivity contribution in [2.45, 2.75) is 31.9 Å². The maximum Gasteiger partial charge on any atom is 0.237 e. The third-order valence-corrected chi connectivity index (χ3v) is 4.32. The molecule has 1 heterocycles. The Morgan fingerprint density at radius 1 is 1.41 bits per heavy atom. The van der Waals surface area contributed by atoms with Crippen molar-refractivity contribution < 1.29 is 14.3 Å². The minimum atomic E-state index is -0.469. The first-order chi connectivity index (χ1) is 10.6. The van der Waals surface area contributed by atoms with Gasteiger partial charge in [0.25, 0.3) is 0 Å². The standard InChI is InChI=1S/C16H23BrN2O3/c1-11(22-14-4-2-13(17)3-5-14)10-19-16(20)15(18)12-6-8-21-9-7-12/h2-5,11-12,15H,6-10,18H2,1H3,(H,19,20). The number of amides is 1. The van der Waals surface area contributed by atoms with Crippen LogP contribution in [0.15, 0.2) is 28.7 Å². The lowest BCUT2D eigenvalue weighted by Gasteiger charge is -2.27. The van der Waals surface area contributed by atoms with Gasteiger partial charge in [-0.05, 0) is 49.9 Å². The van der Waals surface area contributed by atoms with Crippen molar-refractivity contribution in [3.05, 3.63) is 28.7 Å². The molecule has 1 aliphatic heterocycles. The molecule has 2 unspecified atom stereocenters. The van der Waals surface area contributed by atoms with E-state index in [2.05, 4.69) is 21.2 Å². The van der Waals surface area contributed by atoms with Crippen LogP contribution in [-0.2, 0) is 9.53 Å². The molecule has 1 aromatic carbocycles. The molecule has 0 radical (unpaired) electrons. The summed E-state index contributed by atoms with van der Waals surface area (Å²) in [6, 6.07) is 7.14. The van der Waals surface area contributed by atoms with Crippen molar-refractivity contribution in [2.24, 2.45) is 11.7 Å². The van der Waals surface area contributed by atoms with Crippen LogP contribution in [0.1, 0.15) is 19.8 Å². The van der Waals surface area contributed by atoms with Crippen molar-refractivity contribution in [3.63, 3.8) is 0 Å². The third kappa shape index (κ3) is 5.26. The number of carbonyl (C=O) groups excluding carboxylic acids is 1. The van der Waals surface area contributed by atoms with Crippen LogP contribution in [0.25, 0.3) is 0 Å². The molecular formula is C16H23BrN2O3. The Morgan fingerprint density at radius 3 is 2.68 bits per heavy atom. The Kier molecular flexibility index (Phi) is 6.67. The van der Waals surface area contributed by atoms with E-state index in [1.807, 2.05) is 31.2 Å². The van der Waals surface area contributed by atoms with E-state index in [9.17, 15) is 4.79 Å². The number of hydrogen-bond acceptors (Lipinski definition) is 4. The molecule has 3 N–H and O–H groups in total. The lowest BCUT2D eigenvalue weighted by atomic mass is 9.92. The maximum atomic E-state index is 12.1. The average Bonchev–Trinajstić information content (AvgIpc) is 2.55. The lowest BCUT2D eigenvalue weighted by molar-refractivity contribution is -0.124.